The monoisotopic (exact) mass is 306 g/mol. The van der Waals surface area contributed by atoms with E-state index in [1.807, 2.05) is 6.92 Å². The Balaban J connectivity index is 2.24. The van der Waals surface area contributed by atoms with Crippen molar-refractivity contribution in [2.45, 2.75) is 11.8 Å². The molecule has 0 fully saturated rings. The van der Waals surface area contributed by atoms with Gasteiger partial charge in [-0.1, -0.05) is 29.9 Å². The number of benzene rings is 2. The third-order valence-electron chi connectivity index (χ3n) is 2.75. The molecular weight excluding hydrogens is 292 g/mol. The molecule has 4 nitrogen and oxygen atoms in total. The van der Waals surface area contributed by atoms with E-state index in [1.54, 1.807) is 48.5 Å². The topological polar surface area (TPSA) is 72.2 Å². The molecule has 20 heavy (non-hydrogen) atoms. The summed E-state index contributed by atoms with van der Waals surface area (Å²) in [6.07, 6.45) is 0. The first-order valence-corrected chi connectivity index (χ1v) is 7.77. The highest BCUT2D eigenvalue weighted by atomic mass is 32.2. The molecule has 0 saturated heterocycles. The van der Waals surface area contributed by atoms with E-state index in [0.29, 0.717) is 11.3 Å². The van der Waals surface area contributed by atoms with Gasteiger partial charge in [-0.2, -0.15) is 0 Å². The molecule has 0 aromatic heterocycles. The van der Waals surface area contributed by atoms with Crippen molar-refractivity contribution in [3.63, 3.8) is 0 Å². The van der Waals surface area contributed by atoms with Gasteiger partial charge in [-0.25, -0.2) is 8.42 Å². The summed E-state index contributed by atoms with van der Waals surface area (Å²) in [5.41, 5.74) is 7.65. The fourth-order valence-corrected chi connectivity index (χ4v) is 2.83. The fraction of sp³-hybridized carbons (Fsp3) is 0.0714. The first kappa shape index (κ1) is 14.5. The predicted octanol–water partition coefficient (Wildman–Crippen LogP) is 2.43. The van der Waals surface area contributed by atoms with Crippen LogP contribution in [0.15, 0.2) is 53.4 Å². The number of nitrogens with two attached hydrogens (primary N) is 1. The lowest BCUT2D eigenvalue weighted by atomic mass is 10.2. The molecular formula is C14H14N2O2S2. The number of rotatable bonds is 4. The Kier molecular flexibility index (Phi) is 4.06. The van der Waals surface area contributed by atoms with Crippen molar-refractivity contribution in [3.05, 3.63) is 59.7 Å². The maximum Gasteiger partial charge on any atom is 0.261 e. The first-order chi connectivity index (χ1) is 9.38. The van der Waals surface area contributed by atoms with Crippen molar-refractivity contribution in [1.29, 1.82) is 0 Å². The Bertz CT molecular complexity index is 721. The number of aryl methyl sites for hydroxylation is 1. The molecule has 2 rings (SSSR count). The van der Waals surface area contributed by atoms with Gasteiger partial charge in [0.25, 0.3) is 10.0 Å². The van der Waals surface area contributed by atoms with Gasteiger partial charge in [0.2, 0.25) is 0 Å². The molecule has 0 saturated carbocycles. The first-order valence-electron chi connectivity index (χ1n) is 5.88. The van der Waals surface area contributed by atoms with Crippen molar-refractivity contribution in [2.24, 2.45) is 5.73 Å². The van der Waals surface area contributed by atoms with Crippen molar-refractivity contribution in [1.82, 2.24) is 0 Å². The van der Waals surface area contributed by atoms with Gasteiger partial charge in [-0.3, -0.25) is 4.72 Å². The average Bonchev–Trinajstić information content (AvgIpc) is 2.39. The van der Waals surface area contributed by atoms with Crippen LogP contribution in [0.25, 0.3) is 0 Å². The number of anilines is 1. The third kappa shape index (κ3) is 3.34. The van der Waals surface area contributed by atoms with Crippen molar-refractivity contribution < 1.29 is 8.42 Å². The van der Waals surface area contributed by atoms with Crippen LogP contribution in [-0.4, -0.2) is 13.4 Å². The Morgan fingerprint density at radius 3 is 2.10 bits per heavy atom. The molecule has 0 bridgehead atoms. The van der Waals surface area contributed by atoms with E-state index in [1.165, 1.54) is 0 Å². The van der Waals surface area contributed by atoms with Gasteiger partial charge in [0.1, 0.15) is 4.99 Å². The minimum absolute atomic E-state index is 0.224. The molecule has 104 valence electrons. The molecule has 0 unspecified atom stereocenters. The van der Waals surface area contributed by atoms with Gasteiger partial charge in [0, 0.05) is 11.3 Å². The zero-order valence-electron chi connectivity index (χ0n) is 10.8. The highest BCUT2D eigenvalue weighted by molar-refractivity contribution is 7.92. The SMILES string of the molecule is Cc1ccc(S(=O)(=O)Nc2ccc(C(N)=S)cc2)cc1. The van der Waals surface area contributed by atoms with Crippen LogP contribution in [-0.2, 0) is 10.0 Å². The summed E-state index contributed by atoms with van der Waals surface area (Å²) in [6, 6.07) is 13.3. The van der Waals surface area contributed by atoms with E-state index in [4.69, 9.17) is 18.0 Å². The Morgan fingerprint density at radius 1 is 1.05 bits per heavy atom. The van der Waals surface area contributed by atoms with Crippen LogP contribution in [0.3, 0.4) is 0 Å². The number of nitrogens with one attached hydrogen (secondary N) is 1. The summed E-state index contributed by atoms with van der Waals surface area (Å²) in [5, 5.41) is 0. The molecule has 0 spiro atoms. The lowest BCUT2D eigenvalue weighted by molar-refractivity contribution is 0.601. The van der Waals surface area contributed by atoms with Crippen molar-refractivity contribution in [3.8, 4) is 0 Å². The van der Waals surface area contributed by atoms with E-state index in [-0.39, 0.29) is 9.88 Å². The minimum Gasteiger partial charge on any atom is -0.389 e. The summed E-state index contributed by atoms with van der Waals surface area (Å²) in [4.78, 5) is 0.500. The zero-order chi connectivity index (χ0) is 14.8. The van der Waals surface area contributed by atoms with Crippen molar-refractivity contribution in [2.75, 3.05) is 4.72 Å². The molecule has 2 aromatic carbocycles. The molecule has 0 aliphatic carbocycles. The van der Waals surface area contributed by atoms with Crippen LogP contribution >= 0.6 is 12.2 Å². The second-order valence-corrected chi connectivity index (χ2v) is 6.48. The number of thiocarbonyl (C=S) groups is 1. The molecule has 3 N–H and O–H groups in total. The third-order valence-corrected chi connectivity index (χ3v) is 4.39. The lowest BCUT2D eigenvalue weighted by Crippen LogP contribution is -2.13. The second kappa shape index (κ2) is 5.60. The van der Waals surface area contributed by atoms with Gasteiger partial charge in [0.15, 0.2) is 0 Å². The highest BCUT2D eigenvalue weighted by Gasteiger charge is 2.13. The van der Waals surface area contributed by atoms with Crippen molar-refractivity contribution >= 4 is 32.9 Å². The van der Waals surface area contributed by atoms with Gasteiger partial charge < -0.3 is 5.73 Å². The molecule has 2 aromatic rings. The molecule has 0 radical (unpaired) electrons. The van der Waals surface area contributed by atoms with Crippen LogP contribution in [0.5, 0.6) is 0 Å². The fourth-order valence-electron chi connectivity index (χ4n) is 1.63. The number of sulfonamides is 1. The summed E-state index contributed by atoms with van der Waals surface area (Å²) in [7, 11) is -3.58. The largest absolute Gasteiger partial charge is 0.389 e. The predicted molar refractivity (Wildman–Crippen MR) is 84.3 cm³/mol. The van der Waals surface area contributed by atoms with Crippen LogP contribution in [0.4, 0.5) is 5.69 Å². The summed E-state index contributed by atoms with van der Waals surface area (Å²) >= 11 is 4.84. The lowest BCUT2D eigenvalue weighted by Gasteiger charge is -2.09. The highest BCUT2D eigenvalue weighted by Crippen LogP contribution is 2.17. The molecule has 0 aliphatic rings. The second-order valence-electron chi connectivity index (χ2n) is 4.36. The summed E-state index contributed by atoms with van der Waals surface area (Å²) in [5.74, 6) is 0. The smallest absolute Gasteiger partial charge is 0.261 e. The molecule has 0 atom stereocenters. The molecule has 6 heteroatoms. The van der Waals surface area contributed by atoms with Crippen LogP contribution < -0.4 is 10.5 Å². The summed E-state index contributed by atoms with van der Waals surface area (Å²) in [6.45, 7) is 1.90. The Morgan fingerprint density at radius 2 is 1.60 bits per heavy atom. The maximum absolute atomic E-state index is 12.2. The molecule has 0 heterocycles. The van der Waals surface area contributed by atoms with Gasteiger partial charge in [0.05, 0.1) is 4.90 Å². The van der Waals surface area contributed by atoms with E-state index in [9.17, 15) is 8.42 Å². The van der Waals surface area contributed by atoms with Gasteiger partial charge in [-0.05, 0) is 43.3 Å². The maximum atomic E-state index is 12.2. The van der Waals surface area contributed by atoms with E-state index in [0.717, 1.165) is 5.56 Å². The Hall–Kier alpha value is -1.92. The van der Waals surface area contributed by atoms with Crippen LogP contribution in [0, 0.1) is 6.92 Å². The number of hydrogen-bond acceptors (Lipinski definition) is 3. The zero-order valence-corrected chi connectivity index (χ0v) is 12.5. The molecule has 0 aliphatic heterocycles. The van der Waals surface area contributed by atoms with Crippen LogP contribution in [0.2, 0.25) is 0 Å². The van der Waals surface area contributed by atoms with Gasteiger partial charge in [-0.15, -0.1) is 0 Å². The van der Waals surface area contributed by atoms with E-state index in [2.05, 4.69) is 4.72 Å². The number of hydrogen-bond donors (Lipinski definition) is 2. The normalized spacial score (nSPS) is 11.1. The average molecular weight is 306 g/mol. The van der Waals surface area contributed by atoms with E-state index < -0.39 is 10.0 Å². The summed E-state index contributed by atoms with van der Waals surface area (Å²) < 4.78 is 26.8. The Labute approximate surface area is 123 Å². The quantitative estimate of drug-likeness (QED) is 0.851. The minimum atomic E-state index is -3.58. The van der Waals surface area contributed by atoms with E-state index >= 15 is 0 Å². The van der Waals surface area contributed by atoms with Gasteiger partial charge >= 0.3 is 0 Å². The van der Waals surface area contributed by atoms with Crippen LogP contribution in [0.1, 0.15) is 11.1 Å². The molecule has 0 amide bonds. The standard InChI is InChI=1S/C14H14N2O2S2/c1-10-2-8-13(9-3-10)20(17,18)16-12-6-4-11(5-7-12)14(15)19/h2-9,16H,1H3,(H2,15,19).